The maximum absolute atomic E-state index is 15.2. The standard InChI is InChI=1S/C16H18F14N2O/c17-10(14(22,23)24)13(20,21)9-3-1-2-8(33-9)12(19,15(25,26)27)11(18)31-4-6-32(7-5-31)16(28,29)30/h8-11H,1-7H2. The third kappa shape index (κ3) is 5.60. The van der Waals surface area contributed by atoms with Crippen LogP contribution < -0.4 is 0 Å². The number of rotatable bonds is 5. The molecule has 2 aliphatic rings. The van der Waals surface area contributed by atoms with Gasteiger partial charge in [-0.1, -0.05) is 0 Å². The van der Waals surface area contributed by atoms with Crippen molar-refractivity contribution < 1.29 is 66.2 Å². The van der Waals surface area contributed by atoms with Gasteiger partial charge in [-0.15, -0.1) is 0 Å². The van der Waals surface area contributed by atoms with E-state index >= 15 is 4.39 Å². The van der Waals surface area contributed by atoms with E-state index in [1.54, 1.807) is 0 Å². The maximum Gasteiger partial charge on any atom is 0.460 e. The van der Waals surface area contributed by atoms with Gasteiger partial charge in [0.15, 0.2) is 6.30 Å². The minimum atomic E-state index is -6.16. The molecule has 2 rings (SSSR count). The Hall–Kier alpha value is -1.10. The summed E-state index contributed by atoms with van der Waals surface area (Å²) < 4.78 is 191. The van der Waals surface area contributed by atoms with E-state index in [9.17, 15) is 57.1 Å². The van der Waals surface area contributed by atoms with Gasteiger partial charge < -0.3 is 4.74 Å². The van der Waals surface area contributed by atoms with Crippen LogP contribution in [0.5, 0.6) is 0 Å². The fourth-order valence-corrected chi connectivity index (χ4v) is 3.74. The van der Waals surface area contributed by atoms with Crippen LogP contribution in [0.4, 0.5) is 61.5 Å². The quantitative estimate of drug-likeness (QED) is 0.368. The second-order valence-corrected chi connectivity index (χ2v) is 7.72. The Bertz CT molecular complexity index is 657. The highest BCUT2D eigenvalue weighted by Crippen LogP contribution is 2.49. The second-order valence-electron chi connectivity index (χ2n) is 7.72. The molecule has 196 valence electrons. The van der Waals surface area contributed by atoms with E-state index in [1.165, 1.54) is 0 Å². The molecule has 0 aromatic rings. The molecular formula is C16H18F14N2O. The van der Waals surface area contributed by atoms with Crippen molar-refractivity contribution in [2.75, 3.05) is 26.2 Å². The average molecular weight is 520 g/mol. The van der Waals surface area contributed by atoms with E-state index in [4.69, 9.17) is 0 Å². The van der Waals surface area contributed by atoms with E-state index in [0.717, 1.165) is 0 Å². The summed E-state index contributed by atoms with van der Waals surface area (Å²) in [5.74, 6) is -5.41. The van der Waals surface area contributed by atoms with Gasteiger partial charge in [0, 0.05) is 26.2 Å². The third-order valence-corrected chi connectivity index (χ3v) is 5.56. The van der Waals surface area contributed by atoms with Crippen LogP contribution in [-0.2, 0) is 4.74 Å². The highest BCUT2D eigenvalue weighted by molar-refractivity contribution is 5.04. The van der Waals surface area contributed by atoms with E-state index in [2.05, 4.69) is 4.74 Å². The molecule has 17 heteroatoms. The first-order valence-corrected chi connectivity index (χ1v) is 9.43. The fraction of sp³-hybridized carbons (Fsp3) is 1.00. The number of halogens is 14. The van der Waals surface area contributed by atoms with Crippen LogP contribution in [-0.4, -0.2) is 90.9 Å². The molecule has 5 unspecified atom stereocenters. The van der Waals surface area contributed by atoms with E-state index < -0.39 is 100 Å². The second kappa shape index (κ2) is 9.17. The molecule has 0 N–H and O–H groups in total. The minimum absolute atomic E-state index is 0.0640. The Morgan fingerprint density at radius 3 is 1.61 bits per heavy atom. The van der Waals surface area contributed by atoms with Crippen molar-refractivity contribution >= 4 is 0 Å². The summed E-state index contributed by atoms with van der Waals surface area (Å²) in [5, 5.41) is 0. The van der Waals surface area contributed by atoms with Gasteiger partial charge in [-0.25, -0.2) is 26.9 Å². The Labute approximate surface area is 177 Å². The number of nitrogens with zero attached hydrogens (tertiary/aromatic N) is 2. The fourth-order valence-electron chi connectivity index (χ4n) is 3.74. The molecule has 0 aliphatic carbocycles. The van der Waals surface area contributed by atoms with Crippen molar-refractivity contribution in [2.45, 2.75) is 74.2 Å². The molecule has 2 aliphatic heterocycles. The molecule has 0 amide bonds. The van der Waals surface area contributed by atoms with Gasteiger partial charge in [0.25, 0.3) is 11.8 Å². The first-order chi connectivity index (χ1) is 14.7. The number of hydrogen-bond acceptors (Lipinski definition) is 3. The Morgan fingerprint density at radius 2 is 1.18 bits per heavy atom. The van der Waals surface area contributed by atoms with Crippen molar-refractivity contribution in [3.63, 3.8) is 0 Å². The van der Waals surface area contributed by atoms with Crippen LogP contribution in [0.15, 0.2) is 0 Å². The maximum atomic E-state index is 15.2. The van der Waals surface area contributed by atoms with Crippen LogP contribution in [0.25, 0.3) is 0 Å². The summed E-state index contributed by atoms with van der Waals surface area (Å²) in [6, 6.07) is 0. The van der Waals surface area contributed by atoms with Crippen molar-refractivity contribution in [3.8, 4) is 0 Å². The van der Waals surface area contributed by atoms with Gasteiger partial charge in [0.2, 0.25) is 0 Å². The van der Waals surface area contributed by atoms with E-state index in [-0.39, 0.29) is 9.80 Å². The zero-order chi connectivity index (χ0) is 25.6. The zero-order valence-corrected chi connectivity index (χ0v) is 16.4. The summed E-state index contributed by atoms with van der Waals surface area (Å²) in [4.78, 5) is -0.107. The predicted octanol–water partition coefficient (Wildman–Crippen LogP) is 5.16. The summed E-state index contributed by atoms with van der Waals surface area (Å²) in [6.45, 7) is -4.12. The molecule has 2 saturated heterocycles. The lowest BCUT2D eigenvalue weighted by atomic mass is 9.87. The molecule has 2 heterocycles. The molecule has 0 bridgehead atoms. The zero-order valence-electron chi connectivity index (χ0n) is 16.4. The molecule has 33 heavy (non-hydrogen) atoms. The van der Waals surface area contributed by atoms with Gasteiger partial charge in [-0.3, -0.25) is 4.90 Å². The Kier molecular flexibility index (Phi) is 7.82. The van der Waals surface area contributed by atoms with E-state index in [0.29, 0.717) is 0 Å². The largest absolute Gasteiger partial charge is 0.460 e. The van der Waals surface area contributed by atoms with Gasteiger partial charge in [-0.05, 0) is 19.3 Å². The van der Waals surface area contributed by atoms with Crippen LogP contribution >= 0.6 is 0 Å². The summed E-state index contributed by atoms with van der Waals surface area (Å²) in [7, 11) is 0. The SMILES string of the molecule is FC(C(F)(F)F)C(F)(F)C1CCCC(C(F)(C(F)N2CCN(C(F)(F)F)CC2)C(F)(F)F)O1. The number of hydrogen-bond donors (Lipinski definition) is 0. The molecule has 2 fully saturated rings. The molecule has 3 nitrogen and oxygen atoms in total. The first-order valence-electron chi connectivity index (χ1n) is 9.43. The van der Waals surface area contributed by atoms with Gasteiger partial charge in [0.05, 0.1) is 0 Å². The van der Waals surface area contributed by atoms with Crippen molar-refractivity contribution in [1.29, 1.82) is 0 Å². The molecule has 5 atom stereocenters. The van der Waals surface area contributed by atoms with Crippen molar-refractivity contribution in [3.05, 3.63) is 0 Å². The van der Waals surface area contributed by atoms with E-state index in [1.807, 2.05) is 0 Å². The molecular weight excluding hydrogens is 502 g/mol. The smallest absolute Gasteiger partial charge is 0.365 e. The number of piperazine rings is 1. The predicted molar refractivity (Wildman–Crippen MR) is 82.4 cm³/mol. The lowest BCUT2D eigenvalue weighted by molar-refractivity contribution is -0.337. The van der Waals surface area contributed by atoms with Gasteiger partial charge in [0.1, 0.15) is 12.2 Å². The molecule has 0 radical (unpaired) electrons. The van der Waals surface area contributed by atoms with Crippen molar-refractivity contribution in [2.24, 2.45) is 0 Å². The third-order valence-electron chi connectivity index (χ3n) is 5.56. The summed E-state index contributed by atoms with van der Waals surface area (Å²) >= 11 is 0. The van der Waals surface area contributed by atoms with Crippen LogP contribution in [0, 0.1) is 0 Å². The number of alkyl halides is 14. The Morgan fingerprint density at radius 1 is 0.697 bits per heavy atom. The highest BCUT2D eigenvalue weighted by atomic mass is 19.4. The van der Waals surface area contributed by atoms with Crippen LogP contribution in [0.3, 0.4) is 0 Å². The molecule has 0 saturated carbocycles. The lowest BCUT2D eigenvalue weighted by Crippen LogP contribution is -2.67. The molecule has 0 spiro atoms. The highest BCUT2D eigenvalue weighted by Gasteiger charge is 2.70. The van der Waals surface area contributed by atoms with Crippen LogP contribution in [0.1, 0.15) is 19.3 Å². The lowest BCUT2D eigenvalue weighted by Gasteiger charge is -2.46. The van der Waals surface area contributed by atoms with Crippen molar-refractivity contribution in [1.82, 2.24) is 9.80 Å². The molecule has 0 aromatic carbocycles. The summed E-state index contributed by atoms with van der Waals surface area (Å²) in [6.07, 6.45) is -34.9. The summed E-state index contributed by atoms with van der Waals surface area (Å²) in [5.41, 5.74) is -5.09. The molecule has 0 aromatic heterocycles. The topological polar surface area (TPSA) is 15.7 Å². The van der Waals surface area contributed by atoms with Crippen LogP contribution in [0.2, 0.25) is 0 Å². The first kappa shape index (κ1) is 28.1. The normalized spacial score (nSPS) is 28.9. The monoisotopic (exact) mass is 520 g/mol. The average Bonchev–Trinajstić information content (AvgIpc) is 2.70. The minimum Gasteiger partial charge on any atom is -0.365 e. The number of ether oxygens (including phenoxy) is 1. The Balaban J connectivity index is 2.27. The van der Waals surface area contributed by atoms with Gasteiger partial charge >= 0.3 is 24.6 Å². The van der Waals surface area contributed by atoms with Gasteiger partial charge in [-0.2, -0.15) is 39.5 Å².